The summed E-state index contributed by atoms with van der Waals surface area (Å²) in [6, 6.07) is 11.0. The van der Waals surface area contributed by atoms with Crippen molar-refractivity contribution in [3.8, 4) is 0 Å². The number of rotatable bonds is 5. The van der Waals surface area contributed by atoms with Crippen molar-refractivity contribution < 1.29 is 19.2 Å². The van der Waals surface area contributed by atoms with Crippen molar-refractivity contribution in [2.24, 2.45) is 0 Å². The van der Waals surface area contributed by atoms with Crippen LogP contribution in [0.2, 0.25) is 5.02 Å². The maximum absolute atomic E-state index is 12.1. The zero-order chi connectivity index (χ0) is 19.6. The molecule has 1 N–H and O–H groups in total. The number of nitrogens with one attached hydrogen (secondary N) is 1. The summed E-state index contributed by atoms with van der Waals surface area (Å²) in [5, 5.41) is 14.3. The van der Waals surface area contributed by atoms with Crippen LogP contribution in [0, 0.1) is 17.0 Å². The average molecular weight is 405 g/mol. The van der Waals surface area contributed by atoms with Crippen LogP contribution in [0.5, 0.6) is 0 Å². The maximum atomic E-state index is 12.1. The van der Waals surface area contributed by atoms with Crippen LogP contribution < -0.4 is 5.32 Å². The van der Waals surface area contributed by atoms with E-state index >= 15 is 0 Å². The number of esters is 1. The molecular weight excluding hydrogens is 392 g/mol. The van der Waals surface area contributed by atoms with E-state index in [9.17, 15) is 19.7 Å². The fraction of sp³-hybridized carbons (Fsp3) is 0.111. The second-order valence-corrected chi connectivity index (χ2v) is 7.19. The van der Waals surface area contributed by atoms with Crippen LogP contribution in [0.15, 0.2) is 42.5 Å². The molecule has 0 saturated heterocycles. The highest BCUT2D eigenvalue weighted by Crippen LogP contribution is 2.29. The number of nitro benzene ring substituents is 1. The van der Waals surface area contributed by atoms with Gasteiger partial charge in [0, 0.05) is 22.2 Å². The average Bonchev–Trinajstić information content (AvgIpc) is 3.05. The molecule has 1 amide bonds. The van der Waals surface area contributed by atoms with Gasteiger partial charge in [-0.2, -0.15) is 0 Å². The Kier molecular flexibility index (Phi) is 5.38. The molecule has 0 aliphatic carbocycles. The van der Waals surface area contributed by atoms with Crippen molar-refractivity contribution in [1.82, 2.24) is 0 Å². The molecule has 138 valence electrons. The number of carbonyl (C=O) groups excluding carboxylic acids is 2. The van der Waals surface area contributed by atoms with Crippen LogP contribution >= 0.6 is 22.9 Å². The first-order valence-corrected chi connectivity index (χ1v) is 8.94. The lowest BCUT2D eigenvalue weighted by Crippen LogP contribution is -2.20. The number of ether oxygens (including phenoxy) is 1. The number of carbonyl (C=O) groups is 2. The SMILES string of the molecule is Cc1ccc(NC(=O)COC(=O)c2cc3cc([N+](=O)[O-])ccc3s2)c(Cl)c1. The number of hydrogen-bond acceptors (Lipinski definition) is 6. The number of nitrogens with zero attached hydrogens (tertiary/aromatic N) is 1. The molecule has 27 heavy (non-hydrogen) atoms. The van der Waals surface area contributed by atoms with Gasteiger partial charge in [-0.15, -0.1) is 11.3 Å². The standard InChI is InChI=1S/C18H13ClN2O5S/c1-10-2-4-14(13(19)6-10)20-17(22)9-26-18(23)16-8-11-7-12(21(24)25)3-5-15(11)27-16/h2-8H,9H2,1H3,(H,20,22). The summed E-state index contributed by atoms with van der Waals surface area (Å²) < 4.78 is 5.73. The quantitative estimate of drug-likeness (QED) is 0.381. The first-order valence-electron chi connectivity index (χ1n) is 7.74. The number of nitro groups is 1. The minimum absolute atomic E-state index is 0.0606. The van der Waals surface area contributed by atoms with Gasteiger partial charge < -0.3 is 10.1 Å². The largest absolute Gasteiger partial charge is 0.451 e. The lowest BCUT2D eigenvalue weighted by Gasteiger charge is -2.08. The van der Waals surface area contributed by atoms with Gasteiger partial charge >= 0.3 is 5.97 Å². The highest BCUT2D eigenvalue weighted by Gasteiger charge is 2.16. The Morgan fingerprint density at radius 3 is 2.70 bits per heavy atom. The third kappa shape index (κ3) is 4.42. The number of anilines is 1. The third-order valence-electron chi connectivity index (χ3n) is 3.64. The van der Waals surface area contributed by atoms with Crippen LogP contribution in [0.1, 0.15) is 15.2 Å². The van der Waals surface area contributed by atoms with E-state index in [2.05, 4.69) is 5.32 Å². The van der Waals surface area contributed by atoms with E-state index < -0.39 is 23.4 Å². The Bertz CT molecular complexity index is 1060. The van der Waals surface area contributed by atoms with E-state index in [0.29, 0.717) is 20.8 Å². The van der Waals surface area contributed by atoms with Gasteiger partial charge in [-0.1, -0.05) is 17.7 Å². The van der Waals surface area contributed by atoms with E-state index in [1.165, 1.54) is 18.2 Å². The van der Waals surface area contributed by atoms with Crippen molar-refractivity contribution in [3.63, 3.8) is 0 Å². The first-order chi connectivity index (χ1) is 12.8. The Morgan fingerprint density at radius 2 is 2.00 bits per heavy atom. The minimum Gasteiger partial charge on any atom is -0.451 e. The van der Waals surface area contributed by atoms with E-state index in [4.69, 9.17) is 16.3 Å². The molecule has 3 aromatic rings. The van der Waals surface area contributed by atoms with Crippen molar-refractivity contribution >= 4 is 56.3 Å². The second-order valence-electron chi connectivity index (χ2n) is 5.70. The fourth-order valence-corrected chi connectivity index (χ4v) is 3.57. The minimum atomic E-state index is -0.677. The highest BCUT2D eigenvalue weighted by atomic mass is 35.5. The van der Waals surface area contributed by atoms with E-state index in [1.807, 2.05) is 6.92 Å². The lowest BCUT2D eigenvalue weighted by molar-refractivity contribution is -0.384. The topological polar surface area (TPSA) is 98.5 Å². The summed E-state index contributed by atoms with van der Waals surface area (Å²) in [6.45, 7) is 1.40. The van der Waals surface area contributed by atoms with Gasteiger partial charge in [-0.25, -0.2) is 4.79 Å². The van der Waals surface area contributed by atoms with Crippen LogP contribution in [-0.2, 0) is 9.53 Å². The van der Waals surface area contributed by atoms with Gasteiger partial charge in [0.1, 0.15) is 4.88 Å². The third-order valence-corrected chi connectivity index (χ3v) is 5.05. The van der Waals surface area contributed by atoms with E-state index in [0.717, 1.165) is 16.9 Å². The van der Waals surface area contributed by atoms with Crippen LogP contribution in [0.3, 0.4) is 0 Å². The number of thiophene rings is 1. The van der Waals surface area contributed by atoms with E-state index in [1.54, 1.807) is 24.3 Å². The number of fused-ring (bicyclic) bond motifs is 1. The number of halogens is 1. The van der Waals surface area contributed by atoms with Crippen molar-refractivity contribution in [3.05, 3.63) is 68.0 Å². The molecule has 1 heterocycles. The van der Waals surface area contributed by atoms with Crippen molar-refractivity contribution in [2.45, 2.75) is 6.92 Å². The second kappa shape index (κ2) is 7.73. The van der Waals surface area contributed by atoms with Crippen LogP contribution in [-0.4, -0.2) is 23.4 Å². The summed E-state index contributed by atoms with van der Waals surface area (Å²) in [5.41, 5.74) is 1.32. The molecule has 0 radical (unpaired) electrons. The molecular formula is C18H13ClN2O5S. The Morgan fingerprint density at radius 1 is 1.22 bits per heavy atom. The van der Waals surface area contributed by atoms with E-state index in [-0.39, 0.29) is 10.6 Å². The van der Waals surface area contributed by atoms with Crippen LogP contribution in [0.25, 0.3) is 10.1 Å². The Balaban J connectivity index is 1.64. The highest BCUT2D eigenvalue weighted by molar-refractivity contribution is 7.20. The van der Waals surface area contributed by atoms with Crippen molar-refractivity contribution in [2.75, 3.05) is 11.9 Å². The summed E-state index contributed by atoms with van der Waals surface area (Å²) in [5.74, 6) is -1.20. The predicted molar refractivity (Wildman–Crippen MR) is 104 cm³/mol. The van der Waals surface area contributed by atoms with Gasteiger partial charge in [-0.3, -0.25) is 14.9 Å². The van der Waals surface area contributed by atoms with Gasteiger partial charge in [0.05, 0.1) is 15.6 Å². The summed E-state index contributed by atoms with van der Waals surface area (Å²) in [7, 11) is 0. The molecule has 0 aliphatic heterocycles. The molecule has 2 aromatic carbocycles. The summed E-state index contributed by atoms with van der Waals surface area (Å²) in [4.78, 5) is 34.7. The molecule has 9 heteroatoms. The van der Waals surface area contributed by atoms with Gasteiger partial charge in [0.2, 0.25) is 0 Å². The van der Waals surface area contributed by atoms with Gasteiger partial charge in [0.15, 0.2) is 6.61 Å². The summed E-state index contributed by atoms with van der Waals surface area (Å²) in [6.07, 6.45) is 0. The predicted octanol–water partition coefficient (Wildman–Crippen LogP) is 4.57. The number of benzene rings is 2. The van der Waals surface area contributed by atoms with Gasteiger partial charge in [0.25, 0.3) is 11.6 Å². The smallest absolute Gasteiger partial charge is 0.348 e. The number of aryl methyl sites for hydroxylation is 1. The van der Waals surface area contributed by atoms with Crippen molar-refractivity contribution in [1.29, 1.82) is 0 Å². The monoisotopic (exact) mass is 404 g/mol. The molecule has 7 nitrogen and oxygen atoms in total. The molecule has 3 rings (SSSR count). The zero-order valence-electron chi connectivity index (χ0n) is 14.0. The molecule has 0 saturated carbocycles. The normalized spacial score (nSPS) is 10.6. The molecule has 0 bridgehead atoms. The lowest BCUT2D eigenvalue weighted by atomic mass is 10.2. The molecule has 0 fully saturated rings. The van der Waals surface area contributed by atoms with Crippen LogP contribution in [0.4, 0.5) is 11.4 Å². The molecule has 0 spiro atoms. The Hall–Kier alpha value is -2.97. The zero-order valence-corrected chi connectivity index (χ0v) is 15.6. The molecule has 0 atom stereocenters. The first kappa shape index (κ1) is 18.8. The molecule has 0 unspecified atom stereocenters. The van der Waals surface area contributed by atoms with Gasteiger partial charge in [-0.05, 0) is 36.8 Å². The number of non-ortho nitro benzene ring substituents is 1. The maximum Gasteiger partial charge on any atom is 0.348 e. The molecule has 1 aromatic heterocycles. The summed E-state index contributed by atoms with van der Waals surface area (Å²) >= 11 is 7.18. The number of hydrogen-bond donors (Lipinski definition) is 1. The molecule has 0 aliphatic rings. The number of amides is 1. The Labute approximate surface area is 162 Å². The fourth-order valence-electron chi connectivity index (χ4n) is 2.35.